The van der Waals surface area contributed by atoms with E-state index in [1.54, 1.807) is 24.3 Å². The lowest BCUT2D eigenvalue weighted by Crippen LogP contribution is -2.39. The van der Waals surface area contributed by atoms with Gasteiger partial charge in [-0.05, 0) is 49.2 Å². The zero-order valence-corrected chi connectivity index (χ0v) is 14.1. The van der Waals surface area contributed by atoms with Crippen molar-refractivity contribution in [3.8, 4) is 0 Å². The summed E-state index contributed by atoms with van der Waals surface area (Å²) in [5, 5.41) is 3.07. The third kappa shape index (κ3) is 3.72. The lowest BCUT2D eigenvalue weighted by Gasteiger charge is -2.30. The molecule has 5 N–H and O–H groups in total. The Hall–Kier alpha value is -2.80. The molecule has 0 radical (unpaired) electrons. The average Bonchev–Trinajstić information content (AvgIpc) is 2.63. The van der Waals surface area contributed by atoms with Crippen molar-refractivity contribution in [1.29, 1.82) is 0 Å². The van der Waals surface area contributed by atoms with E-state index in [4.69, 9.17) is 11.5 Å². The van der Waals surface area contributed by atoms with E-state index in [0.717, 1.165) is 19.0 Å². The molecule has 3 rings (SSSR count). The molecule has 1 aliphatic rings. The molecular formula is C19H20F2N4O. The summed E-state index contributed by atoms with van der Waals surface area (Å²) in [6.07, 6.45) is 2.63. The number of nitrogens with one attached hydrogen (secondary N) is 1. The van der Waals surface area contributed by atoms with E-state index in [1.807, 2.05) is 0 Å². The van der Waals surface area contributed by atoms with E-state index in [1.165, 1.54) is 12.3 Å². The zero-order chi connectivity index (χ0) is 18.7. The molecule has 1 atom stereocenters. The number of nitrogens with two attached hydrogens (primary N) is 2. The van der Waals surface area contributed by atoms with Crippen LogP contribution in [-0.4, -0.2) is 25.2 Å². The average molecular weight is 358 g/mol. The van der Waals surface area contributed by atoms with Crippen LogP contribution in [0.15, 0.2) is 41.4 Å². The van der Waals surface area contributed by atoms with Gasteiger partial charge in [0.15, 0.2) is 0 Å². The molecule has 136 valence electrons. The zero-order valence-electron chi connectivity index (χ0n) is 14.1. The van der Waals surface area contributed by atoms with Crippen molar-refractivity contribution >= 4 is 23.5 Å². The van der Waals surface area contributed by atoms with Crippen LogP contribution in [0.1, 0.15) is 34.3 Å². The minimum absolute atomic E-state index is 0.0651. The molecule has 7 heteroatoms. The molecule has 26 heavy (non-hydrogen) atoms. The Morgan fingerprint density at radius 2 is 2.00 bits per heavy atom. The second kappa shape index (κ2) is 7.21. The number of piperidine rings is 1. The number of aliphatic imine (C=N–C) groups is 1. The van der Waals surface area contributed by atoms with E-state index >= 15 is 0 Å². The fraction of sp³-hybridized carbons (Fsp3) is 0.263. The van der Waals surface area contributed by atoms with Gasteiger partial charge in [0.2, 0.25) is 0 Å². The third-order valence-electron chi connectivity index (χ3n) is 4.51. The number of carbonyl (C=O) groups excluding carboxylic acids is 1. The fourth-order valence-electron chi connectivity index (χ4n) is 3.05. The molecule has 0 bridgehead atoms. The van der Waals surface area contributed by atoms with E-state index in [9.17, 15) is 13.6 Å². The normalized spacial score (nSPS) is 20.4. The number of carbonyl (C=O) groups is 1. The van der Waals surface area contributed by atoms with Gasteiger partial charge in [-0.15, -0.1) is 0 Å². The van der Waals surface area contributed by atoms with Crippen LogP contribution < -0.4 is 16.8 Å². The first kappa shape index (κ1) is 18.0. The summed E-state index contributed by atoms with van der Waals surface area (Å²) in [7, 11) is 0. The number of nitrogen functional groups attached to an aromatic ring is 1. The monoisotopic (exact) mass is 358 g/mol. The summed E-state index contributed by atoms with van der Waals surface area (Å²) in [4.78, 5) is 15.5. The number of nitrogens with zero attached hydrogens (tertiary/aromatic N) is 1. The Morgan fingerprint density at radius 3 is 2.62 bits per heavy atom. The van der Waals surface area contributed by atoms with Gasteiger partial charge in [-0.25, -0.2) is 8.78 Å². The Labute approximate surface area is 150 Å². The van der Waals surface area contributed by atoms with Crippen molar-refractivity contribution < 1.29 is 13.6 Å². The van der Waals surface area contributed by atoms with Gasteiger partial charge in [0.05, 0.1) is 16.9 Å². The van der Waals surface area contributed by atoms with Crippen molar-refractivity contribution in [1.82, 2.24) is 5.32 Å². The number of alkyl halides is 1. The predicted molar refractivity (Wildman–Crippen MR) is 97.9 cm³/mol. The molecule has 1 saturated heterocycles. The summed E-state index contributed by atoms with van der Waals surface area (Å²) in [5.41, 5.74) is 11.0. The summed E-state index contributed by atoms with van der Waals surface area (Å²) in [5.74, 6) is -1.44. The summed E-state index contributed by atoms with van der Waals surface area (Å²) < 4.78 is 28.5. The van der Waals surface area contributed by atoms with E-state index in [-0.39, 0.29) is 16.8 Å². The van der Waals surface area contributed by atoms with E-state index < -0.39 is 17.4 Å². The quantitative estimate of drug-likeness (QED) is 0.579. The maximum Gasteiger partial charge on any atom is 0.250 e. The van der Waals surface area contributed by atoms with Crippen molar-refractivity contribution in [2.24, 2.45) is 10.7 Å². The van der Waals surface area contributed by atoms with Gasteiger partial charge in [0.1, 0.15) is 11.5 Å². The number of hydrogen-bond acceptors (Lipinski definition) is 4. The number of primary amides is 1. The Morgan fingerprint density at radius 1 is 1.27 bits per heavy atom. The second-order valence-corrected chi connectivity index (χ2v) is 6.37. The number of rotatable bonds is 4. The van der Waals surface area contributed by atoms with Gasteiger partial charge in [0.25, 0.3) is 5.91 Å². The largest absolute Gasteiger partial charge is 0.398 e. The lowest BCUT2D eigenvalue weighted by atomic mass is 9.88. The van der Waals surface area contributed by atoms with Gasteiger partial charge < -0.3 is 16.8 Å². The van der Waals surface area contributed by atoms with Gasteiger partial charge in [0, 0.05) is 18.3 Å². The number of benzene rings is 2. The summed E-state index contributed by atoms with van der Waals surface area (Å²) in [6.45, 7) is 1.13. The number of halogens is 2. The van der Waals surface area contributed by atoms with Gasteiger partial charge in [-0.3, -0.25) is 9.79 Å². The molecule has 5 nitrogen and oxygen atoms in total. The third-order valence-corrected chi connectivity index (χ3v) is 4.51. The maximum absolute atomic E-state index is 14.9. The molecule has 2 aromatic carbocycles. The minimum atomic E-state index is -1.37. The highest BCUT2D eigenvalue weighted by Crippen LogP contribution is 2.33. The molecule has 1 amide bonds. The smallest absolute Gasteiger partial charge is 0.250 e. The van der Waals surface area contributed by atoms with Crippen LogP contribution in [-0.2, 0) is 5.67 Å². The van der Waals surface area contributed by atoms with Crippen LogP contribution in [0.4, 0.5) is 20.2 Å². The molecule has 0 aliphatic carbocycles. The standard InChI is InChI=1S/C19H20F2N4O/c20-14-8-12(17(22)16(9-14)18(23)26)10-25-15-4-2-13(3-5-15)19(21)6-1-7-24-11-19/h2-5,8-10,24H,1,6-7,11,22H2,(H2,23,26). The van der Waals surface area contributed by atoms with Gasteiger partial charge in [-0.1, -0.05) is 12.1 Å². The van der Waals surface area contributed by atoms with Crippen LogP contribution in [0, 0.1) is 5.82 Å². The fourth-order valence-corrected chi connectivity index (χ4v) is 3.05. The number of amides is 1. The molecule has 2 aromatic rings. The first-order valence-corrected chi connectivity index (χ1v) is 8.32. The number of anilines is 1. The molecule has 1 unspecified atom stereocenters. The Balaban J connectivity index is 1.82. The highest BCUT2D eigenvalue weighted by molar-refractivity contribution is 6.02. The van der Waals surface area contributed by atoms with Crippen LogP contribution in [0.25, 0.3) is 0 Å². The molecule has 1 heterocycles. The van der Waals surface area contributed by atoms with Crippen LogP contribution >= 0.6 is 0 Å². The Kier molecular flexibility index (Phi) is 4.99. The van der Waals surface area contributed by atoms with Crippen molar-refractivity contribution in [2.45, 2.75) is 18.5 Å². The first-order valence-electron chi connectivity index (χ1n) is 8.32. The van der Waals surface area contributed by atoms with Crippen molar-refractivity contribution in [3.05, 3.63) is 58.9 Å². The van der Waals surface area contributed by atoms with Crippen LogP contribution in [0.2, 0.25) is 0 Å². The highest BCUT2D eigenvalue weighted by atomic mass is 19.1. The Bertz CT molecular complexity index is 843. The summed E-state index contributed by atoms with van der Waals surface area (Å²) in [6, 6.07) is 8.93. The maximum atomic E-state index is 14.9. The predicted octanol–water partition coefficient (Wildman–Crippen LogP) is 2.81. The van der Waals surface area contributed by atoms with Gasteiger partial charge in [-0.2, -0.15) is 0 Å². The highest BCUT2D eigenvalue weighted by Gasteiger charge is 2.33. The minimum Gasteiger partial charge on any atom is -0.398 e. The first-order chi connectivity index (χ1) is 12.4. The SMILES string of the molecule is NC(=O)c1cc(F)cc(C=Nc2ccc(C3(F)CCCNC3)cc2)c1N. The van der Waals surface area contributed by atoms with Crippen LogP contribution in [0.5, 0.6) is 0 Å². The second-order valence-electron chi connectivity index (χ2n) is 6.37. The van der Waals surface area contributed by atoms with Crippen LogP contribution in [0.3, 0.4) is 0 Å². The van der Waals surface area contributed by atoms with E-state index in [2.05, 4.69) is 10.3 Å². The van der Waals surface area contributed by atoms with E-state index in [0.29, 0.717) is 24.2 Å². The summed E-state index contributed by atoms with van der Waals surface area (Å²) >= 11 is 0. The molecule has 0 aromatic heterocycles. The van der Waals surface area contributed by atoms with Crippen molar-refractivity contribution in [3.63, 3.8) is 0 Å². The van der Waals surface area contributed by atoms with Gasteiger partial charge >= 0.3 is 0 Å². The molecule has 0 spiro atoms. The molecule has 0 saturated carbocycles. The topological polar surface area (TPSA) is 93.5 Å². The molecular weight excluding hydrogens is 338 g/mol. The van der Waals surface area contributed by atoms with Crippen molar-refractivity contribution in [2.75, 3.05) is 18.8 Å². The number of hydrogen-bond donors (Lipinski definition) is 3. The lowest BCUT2D eigenvalue weighted by molar-refractivity contribution is 0.100. The molecule has 1 fully saturated rings. The molecule has 1 aliphatic heterocycles.